The number of nitrogens with one attached hydrogen (secondary N) is 1. The fraction of sp³-hybridized carbons (Fsp3) is 0.875. The molecule has 0 radical (unpaired) electrons. The molecule has 0 rings (SSSR count). The SMILES string of the molecule is CCSCSCSCCOC(=O)NCCSCSCSCC/N=C/OOCCO. The summed E-state index contributed by atoms with van der Waals surface area (Å²) in [4.78, 5) is 24.8. The number of aliphatic imine (C=N–C) groups is 1. The predicted molar refractivity (Wildman–Crippen MR) is 137 cm³/mol. The van der Waals surface area contributed by atoms with E-state index in [1.807, 2.05) is 47.0 Å². The molecule has 2 N–H and O–H groups in total. The van der Waals surface area contributed by atoms with Crippen LogP contribution < -0.4 is 5.32 Å². The smallest absolute Gasteiger partial charge is 0.407 e. The molecule has 29 heavy (non-hydrogen) atoms. The van der Waals surface area contributed by atoms with E-state index in [0.717, 1.165) is 43.4 Å². The van der Waals surface area contributed by atoms with Gasteiger partial charge in [-0.1, -0.05) is 6.92 Å². The first-order valence-electron chi connectivity index (χ1n) is 9.05. The van der Waals surface area contributed by atoms with E-state index in [9.17, 15) is 4.79 Å². The summed E-state index contributed by atoms with van der Waals surface area (Å²) in [6.07, 6.45) is 0.929. The summed E-state index contributed by atoms with van der Waals surface area (Å²) >= 11 is 11.1. The second-order valence-electron chi connectivity index (χ2n) is 4.81. The molecule has 1 amide bonds. The van der Waals surface area contributed by atoms with E-state index < -0.39 is 0 Å². The van der Waals surface area contributed by atoms with Crippen molar-refractivity contribution in [3.05, 3.63) is 0 Å². The number of nitrogens with zero attached hydrogens (tertiary/aromatic N) is 1. The normalized spacial score (nSPS) is 11.1. The lowest BCUT2D eigenvalue weighted by Crippen LogP contribution is -2.27. The number of thioether (sulfide) groups is 6. The number of alkyl carbamates (subject to hydrolysis) is 1. The molecule has 0 aromatic carbocycles. The maximum Gasteiger partial charge on any atom is 0.407 e. The highest BCUT2D eigenvalue weighted by Crippen LogP contribution is 2.18. The second-order valence-corrected chi connectivity index (χ2v) is 12.8. The van der Waals surface area contributed by atoms with E-state index in [-0.39, 0.29) is 19.3 Å². The van der Waals surface area contributed by atoms with Gasteiger partial charge in [0.25, 0.3) is 0 Å². The third-order valence-electron chi connectivity index (χ3n) is 2.57. The predicted octanol–water partition coefficient (Wildman–Crippen LogP) is 3.93. The lowest BCUT2D eigenvalue weighted by Gasteiger charge is -2.07. The molecule has 0 saturated carbocycles. The van der Waals surface area contributed by atoms with Crippen molar-refractivity contribution in [3.63, 3.8) is 0 Å². The van der Waals surface area contributed by atoms with E-state index in [4.69, 9.17) is 9.84 Å². The summed E-state index contributed by atoms with van der Waals surface area (Å²) in [5, 5.41) is 15.4. The van der Waals surface area contributed by atoms with Crippen molar-refractivity contribution in [1.82, 2.24) is 5.32 Å². The Bertz CT molecular complexity index is 386. The van der Waals surface area contributed by atoms with Crippen molar-refractivity contribution in [2.24, 2.45) is 4.99 Å². The zero-order valence-corrected chi connectivity index (χ0v) is 21.6. The van der Waals surface area contributed by atoms with Crippen molar-refractivity contribution in [3.8, 4) is 0 Å². The number of ether oxygens (including phenoxy) is 1. The Balaban J connectivity index is 3.17. The van der Waals surface area contributed by atoms with E-state index in [1.54, 1.807) is 23.5 Å². The van der Waals surface area contributed by atoms with Gasteiger partial charge in [-0.3, -0.25) is 4.99 Å². The Labute approximate surface area is 200 Å². The molecule has 0 atom stereocenters. The first-order chi connectivity index (χ1) is 14.3. The van der Waals surface area contributed by atoms with E-state index >= 15 is 0 Å². The van der Waals surface area contributed by atoms with Crippen LogP contribution in [0.15, 0.2) is 4.99 Å². The lowest BCUT2D eigenvalue weighted by molar-refractivity contribution is -0.221. The van der Waals surface area contributed by atoms with Crippen molar-refractivity contribution < 1.29 is 24.4 Å². The van der Waals surface area contributed by atoms with Gasteiger partial charge in [0.05, 0.1) is 13.2 Å². The molecule has 0 unspecified atom stereocenters. The summed E-state index contributed by atoms with van der Waals surface area (Å²) < 4.78 is 5.15. The lowest BCUT2D eigenvalue weighted by atomic mass is 10.7. The first-order valence-corrected chi connectivity index (χ1v) is 16.0. The van der Waals surface area contributed by atoms with Gasteiger partial charge in [-0.15, -0.1) is 58.8 Å². The molecular weight excluding hydrogens is 493 g/mol. The monoisotopic (exact) mass is 524 g/mol. The molecule has 172 valence electrons. The minimum Gasteiger partial charge on any atom is -0.449 e. The van der Waals surface area contributed by atoms with Crippen LogP contribution in [0.5, 0.6) is 0 Å². The second kappa shape index (κ2) is 26.8. The Morgan fingerprint density at radius 1 is 0.966 bits per heavy atom. The van der Waals surface area contributed by atoms with Gasteiger partial charge in [-0.25, -0.2) is 4.79 Å². The number of aliphatic hydroxyl groups is 1. The average molecular weight is 525 g/mol. The van der Waals surface area contributed by atoms with Crippen LogP contribution in [0.1, 0.15) is 6.92 Å². The van der Waals surface area contributed by atoms with E-state index in [2.05, 4.69) is 27.0 Å². The van der Waals surface area contributed by atoms with Crippen LogP contribution in [-0.2, 0) is 14.5 Å². The molecule has 0 saturated heterocycles. The summed E-state index contributed by atoms with van der Waals surface area (Å²) in [5.41, 5.74) is 0. The van der Waals surface area contributed by atoms with Crippen LogP contribution in [0.2, 0.25) is 0 Å². The van der Waals surface area contributed by atoms with Crippen molar-refractivity contribution in [1.29, 1.82) is 0 Å². The summed E-state index contributed by atoms with van der Waals surface area (Å²) in [5.74, 6) is 3.80. The van der Waals surface area contributed by atoms with Gasteiger partial charge in [0, 0.05) is 44.1 Å². The highest BCUT2D eigenvalue weighted by Gasteiger charge is 2.01. The molecule has 0 spiro atoms. The third-order valence-corrected chi connectivity index (χ3v) is 9.73. The highest BCUT2D eigenvalue weighted by atomic mass is 32.2. The van der Waals surface area contributed by atoms with E-state index in [1.165, 1.54) is 6.40 Å². The molecule has 0 aliphatic heterocycles. The number of amides is 1. The van der Waals surface area contributed by atoms with Gasteiger partial charge in [0.1, 0.15) is 13.2 Å². The van der Waals surface area contributed by atoms with Crippen molar-refractivity contribution >= 4 is 83.1 Å². The number of aliphatic hydroxyl groups excluding tert-OH is 1. The molecular formula is C16H32N2O5S6. The summed E-state index contributed by atoms with van der Waals surface area (Å²) in [7, 11) is 0. The van der Waals surface area contributed by atoms with Gasteiger partial charge in [0.2, 0.25) is 6.40 Å². The van der Waals surface area contributed by atoms with Crippen LogP contribution in [0, 0.1) is 0 Å². The highest BCUT2D eigenvalue weighted by molar-refractivity contribution is 8.23. The van der Waals surface area contributed by atoms with Gasteiger partial charge < -0.3 is 20.0 Å². The zero-order valence-electron chi connectivity index (χ0n) is 16.7. The van der Waals surface area contributed by atoms with Gasteiger partial charge in [-0.2, -0.15) is 16.6 Å². The molecule has 0 aromatic heterocycles. The standard InChI is InChI=1S/C16H32N2O5S6/c1-2-24-12-28-15-27-10-7-21-16(20)18-4-9-26-14-29-13-25-8-3-17-11-23-22-6-5-19/h11,19H,2-10,12-15H2,1H3,(H,18,20)/b17-11+. The average Bonchev–Trinajstić information content (AvgIpc) is 2.72. The minimum absolute atomic E-state index is 0.0730. The molecule has 0 aliphatic rings. The molecule has 0 fully saturated rings. The van der Waals surface area contributed by atoms with Gasteiger partial charge >= 0.3 is 6.09 Å². The molecule has 0 bridgehead atoms. The Morgan fingerprint density at radius 2 is 1.66 bits per heavy atom. The topological polar surface area (TPSA) is 89.4 Å². The Morgan fingerprint density at radius 3 is 2.38 bits per heavy atom. The van der Waals surface area contributed by atoms with Crippen molar-refractivity contribution in [2.75, 3.05) is 76.3 Å². The minimum atomic E-state index is -0.324. The Kier molecular flexibility index (Phi) is 27.5. The maximum atomic E-state index is 11.5. The summed E-state index contributed by atoms with van der Waals surface area (Å²) in [6, 6.07) is 0. The van der Waals surface area contributed by atoms with Crippen LogP contribution in [0.3, 0.4) is 0 Å². The fourth-order valence-corrected chi connectivity index (χ4v) is 7.77. The number of rotatable bonds is 22. The largest absolute Gasteiger partial charge is 0.449 e. The van der Waals surface area contributed by atoms with Crippen LogP contribution in [-0.4, -0.2) is 93.9 Å². The third kappa shape index (κ3) is 26.7. The van der Waals surface area contributed by atoms with Gasteiger partial charge in [0.15, 0.2) is 0 Å². The van der Waals surface area contributed by atoms with Crippen molar-refractivity contribution in [2.45, 2.75) is 6.92 Å². The summed E-state index contributed by atoms with van der Waals surface area (Å²) in [6.45, 7) is 3.99. The number of carbonyl (C=O) groups excluding carboxylic acids is 1. The fourth-order valence-electron chi connectivity index (χ4n) is 1.35. The molecule has 7 nitrogen and oxygen atoms in total. The Hall–Kier alpha value is 0.760. The maximum absolute atomic E-state index is 11.5. The van der Waals surface area contributed by atoms with Crippen LogP contribution >= 0.6 is 70.6 Å². The number of carbonyl (C=O) groups is 1. The molecule has 0 heterocycles. The van der Waals surface area contributed by atoms with E-state index in [0.29, 0.717) is 19.7 Å². The molecule has 0 aliphatic carbocycles. The number of hydrogen-bond donors (Lipinski definition) is 2. The van der Waals surface area contributed by atoms with Gasteiger partial charge in [-0.05, 0) is 5.75 Å². The molecule has 13 heteroatoms. The van der Waals surface area contributed by atoms with Crippen LogP contribution in [0.25, 0.3) is 0 Å². The molecule has 0 aromatic rings. The zero-order chi connectivity index (χ0) is 21.3. The number of hydrogen-bond acceptors (Lipinski definition) is 12. The first kappa shape index (κ1) is 29.8. The quantitative estimate of drug-likeness (QED) is 0.0539. The van der Waals surface area contributed by atoms with Crippen LogP contribution in [0.4, 0.5) is 4.79 Å².